The zero-order valence-corrected chi connectivity index (χ0v) is 23.2. The molecule has 0 aromatic carbocycles. The quantitative estimate of drug-likeness (QED) is 0.288. The van der Waals surface area contributed by atoms with E-state index in [1.807, 2.05) is 19.9 Å². The summed E-state index contributed by atoms with van der Waals surface area (Å²) in [4.78, 5) is 31.3. The summed E-state index contributed by atoms with van der Waals surface area (Å²) < 4.78 is 2.34. The van der Waals surface area contributed by atoms with E-state index in [1.54, 1.807) is 9.47 Å². The number of carbonyl (C=O) groups is 1. The highest BCUT2D eigenvalue weighted by molar-refractivity contribution is 8.26. The van der Waals surface area contributed by atoms with Crippen molar-refractivity contribution < 1.29 is 4.79 Å². The standard InChI is InChI=1S/C27H38N4O2S2/c1-5-8-12-20(7-3)18-31-26(33)23(35-27(31)34)16-21-19(4)22(17-28)25(32)30(13-6-2)24(21)29-14-10-9-11-15-29/h16,20H,5-15,18H2,1-4H3/b23-16+. The van der Waals surface area contributed by atoms with E-state index in [4.69, 9.17) is 12.2 Å². The van der Waals surface area contributed by atoms with Crippen LogP contribution in [0.15, 0.2) is 9.70 Å². The fourth-order valence-electron chi connectivity index (χ4n) is 4.99. The first-order chi connectivity index (χ1) is 16.9. The molecule has 1 unspecified atom stereocenters. The van der Waals surface area contributed by atoms with Gasteiger partial charge < -0.3 is 4.90 Å². The molecule has 1 atom stereocenters. The summed E-state index contributed by atoms with van der Waals surface area (Å²) in [6.07, 6.45) is 10.4. The number of nitriles is 1. The lowest BCUT2D eigenvalue weighted by Gasteiger charge is -2.33. The maximum atomic E-state index is 13.5. The third-order valence-electron chi connectivity index (χ3n) is 7.08. The van der Waals surface area contributed by atoms with Crippen molar-refractivity contribution in [2.24, 2.45) is 5.92 Å². The van der Waals surface area contributed by atoms with E-state index in [0.29, 0.717) is 33.8 Å². The van der Waals surface area contributed by atoms with Gasteiger partial charge >= 0.3 is 0 Å². The molecule has 2 saturated heterocycles. The molecule has 1 amide bonds. The fourth-order valence-corrected chi connectivity index (χ4v) is 6.24. The zero-order valence-electron chi connectivity index (χ0n) is 21.6. The van der Waals surface area contributed by atoms with Crippen LogP contribution < -0.4 is 10.5 Å². The molecule has 6 nitrogen and oxygen atoms in total. The van der Waals surface area contributed by atoms with Gasteiger partial charge in [-0.2, -0.15) is 5.26 Å². The van der Waals surface area contributed by atoms with E-state index in [0.717, 1.165) is 69.4 Å². The molecule has 35 heavy (non-hydrogen) atoms. The minimum Gasteiger partial charge on any atom is -0.357 e. The van der Waals surface area contributed by atoms with Crippen molar-refractivity contribution in [3.8, 4) is 6.07 Å². The van der Waals surface area contributed by atoms with Crippen LogP contribution in [0.2, 0.25) is 0 Å². The second-order valence-corrected chi connectivity index (χ2v) is 11.2. The number of carbonyl (C=O) groups excluding carboxylic acids is 1. The highest BCUT2D eigenvalue weighted by Gasteiger charge is 2.34. The van der Waals surface area contributed by atoms with Crippen molar-refractivity contribution in [3.05, 3.63) is 31.9 Å². The second-order valence-electron chi connectivity index (χ2n) is 9.56. The van der Waals surface area contributed by atoms with Crippen LogP contribution in [-0.2, 0) is 11.3 Å². The Kier molecular flexibility index (Phi) is 9.99. The third kappa shape index (κ3) is 6.00. The van der Waals surface area contributed by atoms with Crippen molar-refractivity contribution in [1.82, 2.24) is 9.47 Å². The number of thiocarbonyl (C=S) groups is 1. The molecule has 0 N–H and O–H groups in total. The Morgan fingerprint density at radius 3 is 2.46 bits per heavy atom. The lowest BCUT2D eigenvalue weighted by atomic mass is 9.99. The average Bonchev–Trinajstić information content (AvgIpc) is 3.12. The van der Waals surface area contributed by atoms with Gasteiger partial charge in [-0.25, -0.2) is 0 Å². The number of piperidine rings is 1. The zero-order chi connectivity index (χ0) is 25.5. The van der Waals surface area contributed by atoms with Gasteiger partial charge in [-0.3, -0.25) is 19.1 Å². The summed E-state index contributed by atoms with van der Waals surface area (Å²) in [6, 6.07) is 2.13. The summed E-state index contributed by atoms with van der Waals surface area (Å²) in [7, 11) is 0. The molecule has 2 aliphatic heterocycles. The van der Waals surface area contributed by atoms with Gasteiger partial charge in [0.15, 0.2) is 0 Å². The lowest BCUT2D eigenvalue weighted by Crippen LogP contribution is -2.37. The Labute approximate surface area is 219 Å². The van der Waals surface area contributed by atoms with Crippen LogP contribution in [0.5, 0.6) is 0 Å². The van der Waals surface area contributed by atoms with E-state index in [9.17, 15) is 14.9 Å². The molecule has 190 valence electrons. The Hall–Kier alpha value is -2.11. The molecular weight excluding hydrogens is 476 g/mol. The van der Waals surface area contributed by atoms with Crippen LogP contribution in [0.25, 0.3) is 6.08 Å². The number of hydrogen-bond acceptors (Lipinski definition) is 6. The second kappa shape index (κ2) is 12.7. The van der Waals surface area contributed by atoms with E-state index in [2.05, 4.69) is 24.8 Å². The predicted molar refractivity (Wildman–Crippen MR) is 150 cm³/mol. The smallest absolute Gasteiger partial charge is 0.270 e. The number of hydrogen-bond donors (Lipinski definition) is 0. The first-order valence-electron chi connectivity index (χ1n) is 13.1. The van der Waals surface area contributed by atoms with Gasteiger partial charge in [-0.1, -0.05) is 64.0 Å². The van der Waals surface area contributed by atoms with Crippen molar-refractivity contribution in [3.63, 3.8) is 0 Å². The van der Waals surface area contributed by atoms with E-state index in [-0.39, 0.29) is 17.0 Å². The van der Waals surface area contributed by atoms with E-state index in [1.165, 1.54) is 18.2 Å². The molecule has 8 heteroatoms. The minimum absolute atomic E-state index is 0.0642. The van der Waals surface area contributed by atoms with Gasteiger partial charge in [0.1, 0.15) is 21.8 Å². The van der Waals surface area contributed by atoms with Gasteiger partial charge in [0.05, 0.1) is 4.91 Å². The number of pyridine rings is 1. The SMILES string of the molecule is CCCCC(CC)CN1C(=O)/C(=C\c2c(C)c(C#N)c(=O)n(CCC)c2N2CCCCC2)SC1=S. The molecule has 3 heterocycles. The maximum Gasteiger partial charge on any atom is 0.270 e. The molecule has 0 radical (unpaired) electrons. The van der Waals surface area contributed by atoms with Crippen molar-refractivity contribution in [1.29, 1.82) is 5.26 Å². The molecule has 2 aliphatic rings. The molecule has 3 rings (SSSR count). The van der Waals surface area contributed by atoms with Crippen LogP contribution in [0.3, 0.4) is 0 Å². The summed E-state index contributed by atoms with van der Waals surface area (Å²) in [5, 5.41) is 9.81. The van der Waals surface area contributed by atoms with Crippen LogP contribution in [0.4, 0.5) is 5.82 Å². The van der Waals surface area contributed by atoms with Gasteiger partial charge in [-0.15, -0.1) is 0 Å². The van der Waals surface area contributed by atoms with Crippen LogP contribution in [0.1, 0.15) is 88.8 Å². The Bertz CT molecular complexity index is 1080. The number of rotatable bonds is 10. The highest BCUT2D eigenvalue weighted by atomic mass is 32.2. The average molecular weight is 515 g/mol. The van der Waals surface area contributed by atoms with Gasteiger partial charge in [0.25, 0.3) is 11.5 Å². The Balaban J connectivity index is 2.08. The lowest BCUT2D eigenvalue weighted by molar-refractivity contribution is -0.122. The third-order valence-corrected chi connectivity index (χ3v) is 8.46. The summed E-state index contributed by atoms with van der Waals surface area (Å²) in [5.41, 5.74) is 1.37. The molecule has 0 saturated carbocycles. The van der Waals surface area contributed by atoms with E-state index < -0.39 is 0 Å². The Morgan fingerprint density at radius 2 is 1.86 bits per heavy atom. The number of anilines is 1. The summed E-state index contributed by atoms with van der Waals surface area (Å²) in [5.74, 6) is 1.21. The van der Waals surface area contributed by atoms with Gasteiger partial charge in [0.2, 0.25) is 0 Å². The molecule has 2 fully saturated rings. The normalized spacial score (nSPS) is 18.4. The summed E-state index contributed by atoms with van der Waals surface area (Å²) >= 11 is 6.96. The molecule has 0 bridgehead atoms. The van der Waals surface area contributed by atoms with Crippen LogP contribution in [0, 0.1) is 24.2 Å². The first-order valence-corrected chi connectivity index (χ1v) is 14.3. The number of thioether (sulfide) groups is 1. The van der Waals surface area contributed by atoms with Crippen molar-refractivity contribution in [2.45, 2.75) is 85.6 Å². The number of unbranched alkanes of at least 4 members (excludes halogenated alkanes) is 1. The Morgan fingerprint density at radius 1 is 1.14 bits per heavy atom. The summed E-state index contributed by atoms with van der Waals surface area (Å²) in [6.45, 7) is 11.1. The maximum absolute atomic E-state index is 13.5. The molecule has 0 aliphatic carbocycles. The molecule has 1 aromatic rings. The van der Waals surface area contributed by atoms with Gasteiger partial charge in [0, 0.05) is 31.7 Å². The number of nitrogens with zero attached hydrogens (tertiary/aromatic N) is 4. The minimum atomic E-state index is -0.237. The molecule has 0 spiro atoms. The van der Waals surface area contributed by atoms with Gasteiger partial charge in [-0.05, 0) is 56.6 Å². The molecule has 1 aromatic heterocycles. The predicted octanol–water partition coefficient (Wildman–Crippen LogP) is 5.85. The first kappa shape index (κ1) is 27.5. The monoisotopic (exact) mass is 514 g/mol. The van der Waals surface area contributed by atoms with Crippen molar-refractivity contribution >= 4 is 46.1 Å². The van der Waals surface area contributed by atoms with Crippen molar-refractivity contribution in [2.75, 3.05) is 24.5 Å². The van der Waals surface area contributed by atoms with Crippen LogP contribution >= 0.6 is 24.0 Å². The van der Waals surface area contributed by atoms with Crippen LogP contribution in [-0.4, -0.2) is 39.3 Å². The van der Waals surface area contributed by atoms with E-state index >= 15 is 0 Å². The fraction of sp³-hybridized carbons (Fsp3) is 0.630. The topological polar surface area (TPSA) is 69.3 Å². The molecular formula is C27H38N4O2S2. The largest absolute Gasteiger partial charge is 0.357 e. The highest BCUT2D eigenvalue weighted by Crippen LogP contribution is 2.37. The number of aromatic nitrogens is 1. The number of amides is 1.